The molecule has 7 nitrogen and oxygen atoms in total. The van der Waals surface area contributed by atoms with Crippen molar-refractivity contribution in [2.24, 2.45) is 0 Å². The number of aldehydes is 1. The van der Waals surface area contributed by atoms with Crippen molar-refractivity contribution in [2.45, 2.75) is 51.7 Å². The first-order chi connectivity index (χ1) is 17.5. The summed E-state index contributed by atoms with van der Waals surface area (Å²) in [6.45, 7) is 6.86. The zero-order valence-electron chi connectivity index (χ0n) is 21.2. The van der Waals surface area contributed by atoms with Crippen molar-refractivity contribution < 1.29 is 9.53 Å². The molecule has 0 radical (unpaired) electrons. The molecule has 0 spiro atoms. The molecule has 1 saturated heterocycles. The molecule has 1 unspecified atom stereocenters. The molecule has 0 saturated carbocycles. The fourth-order valence-electron chi connectivity index (χ4n) is 4.69. The number of hydrogen-bond donors (Lipinski definition) is 1. The Balaban J connectivity index is 0.000000445. The van der Waals surface area contributed by atoms with Crippen molar-refractivity contribution in [3.8, 4) is 33.0 Å². The van der Waals surface area contributed by atoms with Gasteiger partial charge in [-0.15, -0.1) is 10.2 Å². The molecule has 2 aromatic carbocycles. The molecule has 188 valence electrons. The van der Waals surface area contributed by atoms with Crippen LogP contribution in [0.3, 0.4) is 0 Å². The van der Waals surface area contributed by atoms with Gasteiger partial charge >= 0.3 is 0 Å². The largest absolute Gasteiger partial charge is 0.490 e. The summed E-state index contributed by atoms with van der Waals surface area (Å²) in [5.74, 6) is 0.579. The average molecular weight is 504 g/mol. The number of hydrogen-bond acceptors (Lipinski definition) is 8. The molecule has 1 aromatic heterocycles. The van der Waals surface area contributed by atoms with E-state index < -0.39 is 0 Å². The van der Waals surface area contributed by atoms with Gasteiger partial charge in [0.25, 0.3) is 0 Å². The Bertz CT molecular complexity index is 1230. The Morgan fingerprint density at radius 2 is 2.00 bits per heavy atom. The van der Waals surface area contributed by atoms with Crippen LogP contribution in [0.4, 0.5) is 0 Å². The molecular formula is C28H33N5O2S. The molecule has 1 aliphatic carbocycles. The minimum absolute atomic E-state index is 0.00102. The molecule has 8 heteroatoms. The number of nitrogens with one attached hydrogen (secondary N) is 1. The minimum Gasteiger partial charge on any atom is -0.490 e. The highest BCUT2D eigenvalue weighted by Gasteiger charge is 2.25. The van der Waals surface area contributed by atoms with Crippen molar-refractivity contribution in [1.82, 2.24) is 20.4 Å². The Hall–Kier alpha value is -3.12. The van der Waals surface area contributed by atoms with Gasteiger partial charge in [-0.1, -0.05) is 29.5 Å². The van der Waals surface area contributed by atoms with E-state index in [2.05, 4.69) is 45.7 Å². The summed E-state index contributed by atoms with van der Waals surface area (Å²) >= 11 is 1.51. The second-order valence-electron chi connectivity index (χ2n) is 9.45. The predicted octanol–water partition coefficient (Wildman–Crippen LogP) is 5.02. The van der Waals surface area contributed by atoms with Crippen molar-refractivity contribution in [1.29, 1.82) is 5.26 Å². The van der Waals surface area contributed by atoms with Crippen LogP contribution >= 0.6 is 11.3 Å². The third-order valence-electron chi connectivity index (χ3n) is 6.41. The standard InChI is InChI=1S/C23H22N4O2S.C5H11N/c1-14(2)29-21-9-6-15(12-16(21)13-24)22-26-27-23(30-22)19-5-3-4-18-17(19)7-8-20(18)25-10-11-28;1-6-4-2-3-5-6/h3-6,9,11-12,14,20,25H,7-8,10H2,1-2H3;2-5H2,1H3. The number of aromatic nitrogens is 2. The minimum atomic E-state index is 0.00102. The van der Waals surface area contributed by atoms with Crippen LogP contribution < -0.4 is 10.1 Å². The topological polar surface area (TPSA) is 91.1 Å². The van der Waals surface area contributed by atoms with Gasteiger partial charge in [0.1, 0.15) is 28.1 Å². The van der Waals surface area contributed by atoms with Gasteiger partial charge in [-0.05, 0) is 89.0 Å². The lowest BCUT2D eigenvalue weighted by Gasteiger charge is -2.12. The monoisotopic (exact) mass is 503 g/mol. The molecule has 3 aromatic rings. The first-order valence-corrected chi connectivity index (χ1v) is 13.3. The van der Waals surface area contributed by atoms with Crippen LogP contribution in [0.25, 0.3) is 21.1 Å². The first-order valence-electron chi connectivity index (χ1n) is 12.5. The summed E-state index contributed by atoms with van der Waals surface area (Å²) < 4.78 is 5.71. The van der Waals surface area contributed by atoms with Crippen molar-refractivity contribution in [3.05, 3.63) is 53.1 Å². The lowest BCUT2D eigenvalue weighted by molar-refractivity contribution is -0.107. The molecule has 0 bridgehead atoms. The zero-order valence-corrected chi connectivity index (χ0v) is 22.0. The van der Waals surface area contributed by atoms with Crippen LogP contribution in [0.1, 0.15) is 55.8 Å². The molecule has 1 atom stereocenters. The number of carbonyl (C=O) groups excluding carboxylic acids is 1. The number of carbonyl (C=O) groups is 1. The summed E-state index contributed by atoms with van der Waals surface area (Å²) in [4.78, 5) is 13.1. The molecule has 2 heterocycles. The molecule has 2 aliphatic rings. The maximum absolute atomic E-state index is 10.7. The van der Waals surface area contributed by atoms with E-state index in [4.69, 9.17) is 4.74 Å². The normalized spacial score (nSPS) is 16.8. The quantitative estimate of drug-likeness (QED) is 0.453. The molecule has 0 amide bonds. The third kappa shape index (κ3) is 6.16. The van der Waals surface area contributed by atoms with Gasteiger partial charge in [0.2, 0.25) is 0 Å². The van der Waals surface area contributed by atoms with E-state index in [9.17, 15) is 10.1 Å². The maximum atomic E-state index is 10.7. The van der Waals surface area contributed by atoms with Crippen LogP contribution in [0.2, 0.25) is 0 Å². The van der Waals surface area contributed by atoms with E-state index in [1.54, 1.807) is 6.07 Å². The second kappa shape index (κ2) is 12.2. The van der Waals surface area contributed by atoms with Gasteiger partial charge in [-0.3, -0.25) is 0 Å². The van der Waals surface area contributed by atoms with Gasteiger partial charge < -0.3 is 19.7 Å². The average Bonchev–Trinajstić information content (AvgIpc) is 3.64. The molecular weight excluding hydrogens is 470 g/mol. The molecule has 36 heavy (non-hydrogen) atoms. The first kappa shape index (κ1) is 26.0. The molecule has 1 fully saturated rings. The Labute approximate surface area is 217 Å². The summed E-state index contributed by atoms with van der Waals surface area (Å²) in [5.41, 5.74) is 4.93. The summed E-state index contributed by atoms with van der Waals surface area (Å²) in [5, 5.41) is 23.2. The van der Waals surface area contributed by atoms with E-state index in [0.29, 0.717) is 17.9 Å². The zero-order chi connectivity index (χ0) is 25.5. The number of rotatable bonds is 7. The summed E-state index contributed by atoms with van der Waals surface area (Å²) in [7, 11) is 2.17. The number of likely N-dealkylation sites (tertiary alicyclic amines) is 1. The Kier molecular flexibility index (Phi) is 8.81. The van der Waals surface area contributed by atoms with E-state index in [1.165, 1.54) is 48.4 Å². The van der Waals surface area contributed by atoms with Crippen LogP contribution in [0, 0.1) is 11.3 Å². The second-order valence-corrected chi connectivity index (χ2v) is 10.4. The number of fused-ring (bicyclic) bond motifs is 1. The number of nitriles is 1. The van der Waals surface area contributed by atoms with Gasteiger partial charge in [-0.25, -0.2) is 0 Å². The maximum Gasteiger partial charge on any atom is 0.148 e. The van der Waals surface area contributed by atoms with Gasteiger partial charge in [0.05, 0.1) is 18.2 Å². The highest BCUT2D eigenvalue weighted by Crippen LogP contribution is 2.40. The van der Waals surface area contributed by atoms with Gasteiger partial charge in [0.15, 0.2) is 0 Å². The fraction of sp³-hybridized carbons (Fsp3) is 0.429. The molecule has 1 aliphatic heterocycles. The van der Waals surface area contributed by atoms with E-state index >= 15 is 0 Å². The SMILES string of the molecule is CC(C)Oc1ccc(-c2nnc(-c3cccc4c3CCC4NCC=O)s2)cc1C#N.CN1CCCC1. The van der Waals surface area contributed by atoms with Crippen LogP contribution in [0.15, 0.2) is 36.4 Å². The van der Waals surface area contributed by atoms with E-state index in [1.807, 2.05) is 32.0 Å². The van der Waals surface area contributed by atoms with Crippen molar-refractivity contribution in [2.75, 3.05) is 26.7 Å². The van der Waals surface area contributed by atoms with E-state index in [0.717, 1.165) is 40.3 Å². The lowest BCUT2D eigenvalue weighted by Crippen LogP contribution is -2.21. The highest BCUT2D eigenvalue weighted by atomic mass is 32.1. The predicted molar refractivity (Wildman–Crippen MR) is 143 cm³/mol. The molecule has 5 rings (SSSR count). The molecule has 1 N–H and O–H groups in total. The smallest absolute Gasteiger partial charge is 0.148 e. The number of nitrogens with zero attached hydrogens (tertiary/aromatic N) is 4. The van der Waals surface area contributed by atoms with Crippen molar-refractivity contribution >= 4 is 17.6 Å². The number of ether oxygens (including phenoxy) is 1. The number of benzene rings is 2. The Morgan fingerprint density at radius 1 is 1.22 bits per heavy atom. The van der Waals surface area contributed by atoms with E-state index in [-0.39, 0.29) is 12.1 Å². The third-order valence-corrected chi connectivity index (χ3v) is 7.42. The summed E-state index contributed by atoms with van der Waals surface area (Å²) in [6.07, 6.45) is 5.63. The van der Waals surface area contributed by atoms with Crippen LogP contribution in [-0.2, 0) is 11.2 Å². The van der Waals surface area contributed by atoms with Crippen LogP contribution in [0.5, 0.6) is 5.75 Å². The summed E-state index contributed by atoms with van der Waals surface area (Å²) in [6, 6.07) is 14.2. The fourth-order valence-corrected chi connectivity index (χ4v) is 5.58. The lowest BCUT2D eigenvalue weighted by atomic mass is 10.0. The van der Waals surface area contributed by atoms with Gasteiger partial charge in [0, 0.05) is 17.2 Å². The highest BCUT2D eigenvalue weighted by molar-refractivity contribution is 7.17. The van der Waals surface area contributed by atoms with Crippen LogP contribution in [-0.4, -0.2) is 54.2 Å². The van der Waals surface area contributed by atoms with Crippen molar-refractivity contribution in [3.63, 3.8) is 0 Å². The Morgan fingerprint density at radius 3 is 2.67 bits per heavy atom. The van der Waals surface area contributed by atoms with Gasteiger partial charge in [-0.2, -0.15) is 5.26 Å².